The first-order chi connectivity index (χ1) is 7.47. The van der Waals surface area contributed by atoms with Crippen LogP contribution in [-0.4, -0.2) is 5.91 Å². The molecule has 1 aliphatic carbocycles. The van der Waals surface area contributed by atoms with E-state index in [2.05, 4.69) is 5.32 Å². The Morgan fingerprint density at radius 1 is 1.31 bits per heavy atom. The lowest BCUT2D eigenvalue weighted by Crippen LogP contribution is -2.14. The van der Waals surface area contributed by atoms with Crippen LogP contribution in [0.1, 0.15) is 18.4 Å². The van der Waals surface area contributed by atoms with Gasteiger partial charge < -0.3 is 5.32 Å². The maximum absolute atomic E-state index is 12.4. The molecule has 2 nitrogen and oxygen atoms in total. The molecule has 0 atom stereocenters. The van der Waals surface area contributed by atoms with Gasteiger partial charge in [0.15, 0.2) is 0 Å². The topological polar surface area (TPSA) is 29.1 Å². The third-order valence-electron chi connectivity index (χ3n) is 2.41. The molecular formula is C11H10F3NO. The van der Waals surface area contributed by atoms with Crippen molar-refractivity contribution in [3.05, 3.63) is 29.8 Å². The zero-order valence-corrected chi connectivity index (χ0v) is 8.34. The second kappa shape index (κ2) is 3.81. The van der Waals surface area contributed by atoms with Crippen LogP contribution in [-0.2, 0) is 11.0 Å². The van der Waals surface area contributed by atoms with Gasteiger partial charge in [0.2, 0.25) is 5.91 Å². The highest BCUT2D eigenvalue weighted by atomic mass is 19.4. The SMILES string of the molecule is O=C(Nc1cccc(C(F)(F)F)c1)C1CC1. The van der Waals surface area contributed by atoms with E-state index >= 15 is 0 Å². The van der Waals surface area contributed by atoms with Crippen LogP contribution in [0.15, 0.2) is 24.3 Å². The summed E-state index contributed by atoms with van der Waals surface area (Å²) < 4.78 is 37.1. The summed E-state index contributed by atoms with van der Waals surface area (Å²) in [7, 11) is 0. The molecule has 1 N–H and O–H groups in total. The van der Waals surface area contributed by atoms with E-state index in [0.29, 0.717) is 0 Å². The highest BCUT2D eigenvalue weighted by Crippen LogP contribution is 2.32. The summed E-state index contributed by atoms with van der Waals surface area (Å²) in [6.45, 7) is 0. The molecule has 2 rings (SSSR count). The molecule has 0 unspecified atom stereocenters. The summed E-state index contributed by atoms with van der Waals surface area (Å²) in [5.41, 5.74) is -0.548. The number of carbonyl (C=O) groups is 1. The maximum atomic E-state index is 12.4. The van der Waals surface area contributed by atoms with Crippen molar-refractivity contribution in [2.75, 3.05) is 5.32 Å². The van der Waals surface area contributed by atoms with Gasteiger partial charge >= 0.3 is 6.18 Å². The first kappa shape index (κ1) is 11.0. The molecular weight excluding hydrogens is 219 g/mol. The van der Waals surface area contributed by atoms with Gasteiger partial charge in [0.25, 0.3) is 0 Å². The number of hydrogen-bond donors (Lipinski definition) is 1. The lowest BCUT2D eigenvalue weighted by atomic mass is 10.2. The van der Waals surface area contributed by atoms with Crippen molar-refractivity contribution >= 4 is 11.6 Å². The zero-order valence-electron chi connectivity index (χ0n) is 8.34. The molecule has 0 spiro atoms. The van der Waals surface area contributed by atoms with Gasteiger partial charge in [-0.2, -0.15) is 13.2 Å². The quantitative estimate of drug-likeness (QED) is 0.829. The van der Waals surface area contributed by atoms with Crippen molar-refractivity contribution in [1.82, 2.24) is 0 Å². The fourth-order valence-corrected chi connectivity index (χ4v) is 1.36. The molecule has 16 heavy (non-hydrogen) atoms. The predicted octanol–water partition coefficient (Wildman–Crippen LogP) is 3.05. The Morgan fingerprint density at radius 2 is 2.00 bits per heavy atom. The van der Waals surface area contributed by atoms with Crippen LogP contribution < -0.4 is 5.32 Å². The van der Waals surface area contributed by atoms with Gasteiger partial charge in [0, 0.05) is 11.6 Å². The number of hydrogen-bond acceptors (Lipinski definition) is 1. The van der Waals surface area contributed by atoms with Crippen LogP contribution in [0, 0.1) is 5.92 Å². The van der Waals surface area contributed by atoms with E-state index in [1.165, 1.54) is 12.1 Å². The van der Waals surface area contributed by atoms with Gasteiger partial charge in [-0.15, -0.1) is 0 Å². The molecule has 0 saturated heterocycles. The fraction of sp³-hybridized carbons (Fsp3) is 0.364. The van der Waals surface area contributed by atoms with E-state index in [1.807, 2.05) is 0 Å². The van der Waals surface area contributed by atoms with Gasteiger partial charge in [0.05, 0.1) is 5.56 Å². The molecule has 1 saturated carbocycles. The van der Waals surface area contributed by atoms with Crippen molar-refractivity contribution < 1.29 is 18.0 Å². The van der Waals surface area contributed by atoms with E-state index in [1.54, 1.807) is 0 Å². The summed E-state index contributed by atoms with van der Waals surface area (Å²) in [6, 6.07) is 4.66. The smallest absolute Gasteiger partial charge is 0.326 e. The van der Waals surface area contributed by atoms with Gasteiger partial charge in [-0.05, 0) is 31.0 Å². The van der Waals surface area contributed by atoms with Gasteiger partial charge in [-0.3, -0.25) is 4.79 Å². The van der Waals surface area contributed by atoms with E-state index in [9.17, 15) is 18.0 Å². The Bertz CT molecular complexity index is 410. The minimum absolute atomic E-state index is 0.0189. The van der Waals surface area contributed by atoms with Crippen LogP contribution in [0.5, 0.6) is 0 Å². The molecule has 1 aliphatic rings. The molecule has 5 heteroatoms. The van der Waals surface area contributed by atoms with Gasteiger partial charge in [-0.1, -0.05) is 6.07 Å². The normalized spacial score (nSPS) is 15.9. The fourth-order valence-electron chi connectivity index (χ4n) is 1.36. The largest absolute Gasteiger partial charge is 0.416 e. The molecule has 0 aliphatic heterocycles. The number of nitrogens with one attached hydrogen (secondary N) is 1. The molecule has 86 valence electrons. The molecule has 1 amide bonds. The Kier molecular flexibility index (Phi) is 2.61. The van der Waals surface area contributed by atoms with Gasteiger partial charge in [0.1, 0.15) is 0 Å². The molecule has 1 aromatic rings. The number of alkyl halides is 3. The number of carbonyl (C=O) groups excluding carboxylic acids is 1. The second-order valence-corrected chi connectivity index (χ2v) is 3.84. The Labute approximate surface area is 90.5 Å². The summed E-state index contributed by atoms with van der Waals surface area (Å²) in [5.74, 6) is -0.214. The van der Waals surface area contributed by atoms with Crippen LogP contribution in [0.4, 0.5) is 18.9 Å². The number of benzene rings is 1. The Morgan fingerprint density at radius 3 is 2.56 bits per heavy atom. The maximum Gasteiger partial charge on any atom is 0.416 e. The molecule has 1 aromatic carbocycles. The summed E-state index contributed by atoms with van der Waals surface area (Å²) in [6.07, 6.45) is -2.73. The lowest BCUT2D eigenvalue weighted by Gasteiger charge is -2.09. The standard InChI is InChI=1S/C11H10F3NO/c12-11(13,14)8-2-1-3-9(6-8)15-10(16)7-4-5-7/h1-3,6-7H,4-5H2,(H,15,16). The monoisotopic (exact) mass is 229 g/mol. The molecule has 1 fully saturated rings. The summed E-state index contributed by atoms with van der Waals surface area (Å²) in [5, 5.41) is 2.48. The van der Waals surface area contributed by atoms with Crippen molar-refractivity contribution in [3.8, 4) is 0 Å². The van der Waals surface area contributed by atoms with Crippen molar-refractivity contribution in [2.45, 2.75) is 19.0 Å². The first-order valence-corrected chi connectivity index (χ1v) is 4.95. The average molecular weight is 229 g/mol. The van der Waals surface area contributed by atoms with Crippen molar-refractivity contribution in [2.24, 2.45) is 5.92 Å². The van der Waals surface area contributed by atoms with Crippen LogP contribution in [0.3, 0.4) is 0 Å². The van der Waals surface area contributed by atoms with E-state index in [0.717, 1.165) is 25.0 Å². The summed E-state index contributed by atoms with van der Waals surface area (Å²) >= 11 is 0. The Hall–Kier alpha value is -1.52. The summed E-state index contributed by atoms with van der Waals surface area (Å²) in [4.78, 5) is 11.3. The van der Waals surface area contributed by atoms with Crippen LogP contribution in [0.25, 0.3) is 0 Å². The third-order valence-corrected chi connectivity index (χ3v) is 2.41. The minimum Gasteiger partial charge on any atom is -0.326 e. The second-order valence-electron chi connectivity index (χ2n) is 3.84. The highest BCUT2D eigenvalue weighted by molar-refractivity contribution is 5.94. The highest BCUT2D eigenvalue weighted by Gasteiger charge is 2.32. The van der Waals surface area contributed by atoms with Gasteiger partial charge in [-0.25, -0.2) is 0 Å². The van der Waals surface area contributed by atoms with Crippen molar-refractivity contribution in [1.29, 1.82) is 0 Å². The predicted molar refractivity (Wildman–Crippen MR) is 52.8 cm³/mol. The first-order valence-electron chi connectivity index (χ1n) is 4.95. The zero-order chi connectivity index (χ0) is 11.8. The minimum atomic E-state index is -4.37. The lowest BCUT2D eigenvalue weighted by molar-refractivity contribution is -0.137. The molecule has 0 heterocycles. The molecule has 0 bridgehead atoms. The van der Waals surface area contributed by atoms with Crippen molar-refractivity contribution in [3.63, 3.8) is 0 Å². The number of rotatable bonds is 2. The number of halogens is 3. The molecule has 0 radical (unpaired) electrons. The number of anilines is 1. The van der Waals surface area contributed by atoms with Crippen LogP contribution >= 0.6 is 0 Å². The Balaban J connectivity index is 2.12. The molecule has 0 aromatic heterocycles. The van der Waals surface area contributed by atoms with E-state index < -0.39 is 11.7 Å². The van der Waals surface area contributed by atoms with Crippen LogP contribution in [0.2, 0.25) is 0 Å². The van der Waals surface area contributed by atoms with E-state index in [4.69, 9.17) is 0 Å². The average Bonchev–Trinajstić information content (AvgIpc) is 2.99. The third kappa shape index (κ3) is 2.53. The van der Waals surface area contributed by atoms with E-state index in [-0.39, 0.29) is 17.5 Å². The number of amides is 1.